The third-order valence-electron chi connectivity index (χ3n) is 1.54. The molecule has 2 unspecified atom stereocenters. The minimum absolute atomic E-state index is 0.0516. The van der Waals surface area contributed by atoms with Crippen molar-refractivity contribution in [3.05, 3.63) is 0 Å². The van der Waals surface area contributed by atoms with Crippen LogP contribution in [-0.4, -0.2) is 45.4 Å². The molecule has 64 valence electrons. The normalized spacial score (nSPS) is 33.8. The van der Waals surface area contributed by atoms with E-state index in [1.165, 1.54) is 0 Å². The first-order valence-corrected chi connectivity index (χ1v) is 3.88. The highest BCUT2D eigenvalue weighted by atomic mass is 16.8. The summed E-state index contributed by atoms with van der Waals surface area (Å²) in [5, 5.41) is 0. The van der Waals surface area contributed by atoms with Crippen molar-refractivity contribution in [1.29, 1.82) is 0 Å². The molecule has 0 amide bonds. The van der Waals surface area contributed by atoms with E-state index in [2.05, 4.69) is 0 Å². The molecule has 0 saturated carbocycles. The average molecular weight is 160 g/mol. The number of rotatable bonds is 6. The second kappa shape index (κ2) is 3.49. The highest BCUT2D eigenvalue weighted by Crippen LogP contribution is 2.10. The summed E-state index contributed by atoms with van der Waals surface area (Å²) in [6.07, 6.45) is 0.406. The molecule has 2 aliphatic rings. The van der Waals surface area contributed by atoms with E-state index in [1.54, 1.807) is 0 Å². The van der Waals surface area contributed by atoms with Crippen LogP contribution in [0, 0.1) is 0 Å². The van der Waals surface area contributed by atoms with E-state index in [0.29, 0.717) is 25.9 Å². The molecule has 11 heavy (non-hydrogen) atoms. The number of hydrogen-bond donors (Lipinski definition) is 0. The van der Waals surface area contributed by atoms with Crippen LogP contribution in [-0.2, 0) is 18.9 Å². The Morgan fingerprint density at radius 1 is 1.18 bits per heavy atom. The monoisotopic (exact) mass is 160 g/mol. The van der Waals surface area contributed by atoms with Crippen molar-refractivity contribution in [3.63, 3.8) is 0 Å². The third-order valence-corrected chi connectivity index (χ3v) is 1.54. The van der Waals surface area contributed by atoms with Gasteiger partial charge in [0.1, 0.15) is 12.7 Å². The van der Waals surface area contributed by atoms with Crippen LogP contribution in [0.1, 0.15) is 0 Å². The largest absolute Gasteiger partial charge is 0.376 e. The number of ether oxygens (including phenoxy) is 4. The first kappa shape index (κ1) is 7.49. The van der Waals surface area contributed by atoms with Gasteiger partial charge in [0.15, 0.2) is 6.29 Å². The molecule has 2 heterocycles. The summed E-state index contributed by atoms with van der Waals surface area (Å²) in [5.41, 5.74) is 0. The van der Waals surface area contributed by atoms with Crippen molar-refractivity contribution < 1.29 is 18.9 Å². The minimum atomic E-state index is 0.0516. The molecule has 2 fully saturated rings. The van der Waals surface area contributed by atoms with Crippen molar-refractivity contribution in [2.75, 3.05) is 33.0 Å². The molecule has 2 atom stereocenters. The van der Waals surface area contributed by atoms with Crippen molar-refractivity contribution in [2.45, 2.75) is 12.4 Å². The molecule has 2 rings (SSSR count). The molecule has 4 nitrogen and oxygen atoms in total. The molecule has 0 bridgehead atoms. The van der Waals surface area contributed by atoms with Gasteiger partial charge >= 0.3 is 0 Å². The summed E-state index contributed by atoms with van der Waals surface area (Å²) >= 11 is 0. The Balaban J connectivity index is 1.35. The summed E-state index contributed by atoms with van der Waals surface area (Å²) in [5.74, 6) is 0. The fourth-order valence-corrected chi connectivity index (χ4v) is 0.753. The lowest BCUT2D eigenvalue weighted by atomic mass is 10.5. The zero-order chi connectivity index (χ0) is 7.52. The first-order valence-electron chi connectivity index (χ1n) is 3.88. The quantitative estimate of drug-likeness (QED) is 0.398. The van der Waals surface area contributed by atoms with E-state index in [1.807, 2.05) is 0 Å². The van der Waals surface area contributed by atoms with Crippen LogP contribution in [0.3, 0.4) is 0 Å². The van der Waals surface area contributed by atoms with Gasteiger partial charge in [-0.2, -0.15) is 0 Å². The summed E-state index contributed by atoms with van der Waals surface area (Å²) in [6, 6.07) is 0. The van der Waals surface area contributed by atoms with E-state index < -0.39 is 0 Å². The maximum Gasteiger partial charge on any atom is 0.181 e. The van der Waals surface area contributed by atoms with Gasteiger partial charge in [0.05, 0.1) is 26.4 Å². The molecule has 0 radical (unpaired) electrons. The Labute approximate surface area is 65.4 Å². The van der Waals surface area contributed by atoms with E-state index >= 15 is 0 Å². The van der Waals surface area contributed by atoms with Crippen LogP contribution >= 0.6 is 0 Å². The molecule has 4 heteroatoms. The van der Waals surface area contributed by atoms with Crippen molar-refractivity contribution in [3.8, 4) is 0 Å². The van der Waals surface area contributed by atoms with Crippen LogP contribution in [0.5, 0.6) is 0 Å². The predicted molar refractivity (Wildman–Crippen MR) is 36.3 cm³/mol. The van der Waals surface area contributed by atoms with Gasteiger partial charge < -0.3 is 18.9 Å². The Kier molecular flexibility index (Phi) is 2.38. The smallest absolute Gasteiger partial charge is 0.181 e. The van der Waals surface area contributed by atoms with Crippen molar-refractivity contribution in [2.24, 2.45) is 0 Å². The second-order valence-electron chi connectivity index (χ2n) is 2.66. The van der Waals surface area contributed by atoms with Gasteiger partial charge in [0, 0.05) is 0 Å². The van der Waals surface area contributed by atoms with E-state index in [9.17, 15) is 0 Å². The summed E-state index contributed by atoms with van der Waals surface area (Å²) in [7, 11) is 0. The highest BCUT2D eigenvalue weighted by Gasteiger charge is 2.24. The Bertz CT molecular complexity index is 106. The van der Waals surface area contributed by atoms with E-state index in [4.69, 9.17) is 18.9 Å². The highest BCUT2D eigenvalue weighted by molar-refractivity contribution is 4.67. The Hall–Kier alpha value is -0.160. The zero-order valence-corrected chi connectivity index (χ0v) is 6.32. The van der Waals surface area contributed by atoms with E-state index in [0.717, 1.165) is 13.2 Å². The average Bonchev–Trinajstić information content (AvgIpc) is 2.83. The lowest BCUT2D eigenvalue weighted by Crippen LogP contribution is -2.09. The molecular weight excluding hydrogens is 148 g/mol. The molecule has 2 saturated heterocycles. The third kappa shape index (κ3) is 3.16. The summed E-state index contributed by atoms with van der Waals surface area (Å²) in [6.45, 7) is 3.56. The molecule has 0 aliphatic carbocycles. The Morgan fingerprint density at radius 3 is 2.64 bits per heavy atom. The second-order valence-corrected chi connectivity index (χ2v) is 2.66. The van der Waals surface area contributed by atoms with Gasteiger partial charge in [0.2, 0.25) is 0 Å². The maximum absolute atomic E-state index is 5.23. The Morgan fingerprint density at radius 2 is 2.00 bits per heavy atom. The van der Waals surface area contributed by atoms with Gasteiger partial charge in [0.25, 0.3) is 0 Å². The summed E-state index contributed by atoms with van der Waals surface area (Å²) < 4.78 is 20.2. The number of hydrogen-bond acceptors (Lipinski definition) is 4. The molecule has 0 N–H and O–H groups in total. The van der Waals surface area contributed by atoms with Gasteiger partial charge in [-0.25, -0.2) is 0 Å². The minimum Gasteiger partial charge on any atom is -0.376 e. The van der Waals surface area contributed by atoms with Crippen molar-refractivity contribution >= 4 is 0 Å². The maximum atomic E-state index is 5.23. The standard InChI is InChI=1S/C7H12O4/c1(2-9-7-5-11-7)8-3-6-4-10-6/h6-7H,1-5H2. The molecule has 0 spiro atoms. The van der Waals surface area contributed by atoms with Gasteiger partial charge in [-0.3, -0.25) is 0 Å². The van der Waals surface area contributed by atoms with E-state index in [-0.39, 0.29) is 6.29 Å². The molecule has 0 aromatic rings. The molecule has 2 aliphatic heterocycles. The molecular formula is C7H12O4. The SMILES string of the molecule is C(COC1CO1)OCC1CO1. The lowest BCUT2D eigenvalue weighted by Gasteiger charge is -2.00. The fourth-order valence-electron chi connectivity index (χ4n) is 0.753. The van der Waals surface area contributed by atoms with Crippen LogP contribution in [0.2, 0.25) is 0 Å². The molecule has 0 aromatic carbocycles. The summed E-state index contributed by atoms with van der Waals surface area (Å²) in [4.78, 5) is 0. The topological polar surface area (TPSA) is 43.5 Å². The van der Waals surface area contributed by atoms with Gasteiger partial charge in [-0.1, -0.05) is 0 Å². The van der Waals surface area contributed by atoms with Crippen LogP contribution < -0.4 is 0 Å². The first-order chi connectivity index (χ1) is 5.45. The lowest BCUT2D eigenvalue weighted by molar-refractivity contribution is 0.00213. The van der Waals surface area contributed by atoms with Crippen LogP contribution in [0.15, 0.2) is 0 Å². The fraction of sp³-hybridized carbons (Fsp3) is 1.00. The predicted octanol–water partition coefficient (Wildman–Crippen LogP) is -0.225. The number of epoxide rings is 2. The molecule has 0 aromatic heterocycles. The van der Waals surface area contributed by atoms with Crippen LogP contribution in [0.4, 0.5) is 0 Å². The van der Waals surface area contributed by atoms with Crippen LogP contribution in [0.25, 0.3) is 0 Å². The zero-order valence-electron chi connectivity index (χ0n) is 6.32. The van der Waals surface area contributed by atoms with Gasteiger partial charge in [-0.05, 0) is 0 Å². The van der Waals surface area contributed by atoms with Crippen molar-refractivity contribution in [1.82, 2.24) is 0 Å². The van der Waals surface area contributed by atoms with Gasteiger partial charge in [-0.15, -0.1) is 0 Å².